The molecule has 0 aromatic carbocycles. The fourth-order valence-electron chi connectivity index (χ4n) is 1.63. The fourth-order valence-corrected chi connectivity index (χ4v) is 1.63. The SMILES string of the molecule is CC(=O)c1cnc(NCCCc2nn[nH]n2)nc1C. The van der Waals surface area contributed by atoms with Gasteiger partial charge in [-0.2, -0.15) is 5.21 Å². The van der Waals surface area contributed by atoms with Gasteiger partial charge in [0.2, 0.25) is 5.95 Å². The predicted molar refractivity (Wildman–Crippen MR) is 67.8 cm³/mol. The first-order valence-corrected chi connectivity index (χ1v) is 5.97. The van der Waals surface area contributed by atoms with Crippen LogP contribution >= 0.6 is 0 Å². The number of carbonyl (C=O) groups is 1. The number of tetrazole rings is 1. The summed E-state index contributed by atoms with van der Waals surface area (Å²) in [5, 5.41) is 16.7. The molecule has 0 aliphatic carbocycles. The van der Waals surface area contributed by atoms with E-state index in [2.05, 4.69) is 35.9 Å². The molecule has 0 aliphatic heterocycles. The van der Waals surface area contributed by atoms with Gasteiger partial charge in [0.25, 0.3) is 0 Å². The lowest BCUT2D eigenvalue weighted by atomic mass is 10.2. The number of aromatic amines is 1. The molecule has 0 saturated heterocycles. The van der Waals surface area contributed by atoms with E-state index in [0.717, 1.165) is 12.8 Å². The summed E-state index contributed by atoms with van der Waals surface area (Å²) in [5.74, 6) is 1.18. The van der Waals surface area contributed by atoms with Crippen molar-refractivity contribution >= 4 is 11.7 Å². The van der Waals surface area contributed by atoms with Gasteiger partial charge in [-0.3, -0.25) is 4.79 Å². The second-order valence-electron chi connectivity index (χ2n) is 4.11. The maximum atomic E-state index is 11.2. The molecule has 2 aromatic heterocycles. The largest absolute Gasteiger partial charge is 0.354 e. The molecule has 2 rings (SSSR count). The minimum atomic E-state index is -0.0267. The number of Topliss-reactive ketones (excluding diaryl/α,β-unsaturated/α-hetero) is 1. The monoisotopic (exact) mass is 261 g/mol. The van der Waals surface area contributed by atoms with Crippen molar-refractivity contribution in [1.29, 1.82) is 0 Å². The third kappa shape index (κ3) is 3.54. The highest BCUT2D eigenvalue weighted by molar-refractivity contribution is 5.94. The number of carbonyl (C=O) groups excluding carboxylic acids is 1. The van der Waals surface area contributed by atoms with Gasteiger partial charge in [-0.05, 0) is 20.3 Å². The molecule has 8 heteroatoms. The Balaban J connectivity index is 1.83. The lowest BCUT2D eigenvalue weighted by molar-refractivity contribution is 0.101. The highest BCUT2D eigenvalue weighted by atomic mass is 16.1. The van der Waals surface area contributed by atoms with Gasteiger partial charge in [0.15, 0.2) is 11.6 Å². The number of ketones is 1. The summed E-state index contributed by atoms with van der Waals surface area (Å²) in [5.41, 5.74) is 1.24. The zero-order valence-electron chi connectivity index (χ0n) is 10.8. The van der Waals surface area contributed by atoms with Gasteiger partial charge in [-0.15, -0.1) is 10.2 Å². The Kier molecular flexibility index (Phi) is 4.11. The summed E-state index contributed by atoms with van der Waals surface area (Å²) < 4.78 is 0. The Labute approximate surface area is 110 Å². The molecule has 0 fully saturated rings. The molecule has 0 atom stereocenters. The van der Waals surface area contributed by atoms with E-state index in [-0.39, 0.29) is 5.78 Å². The average molecular weight is 261 g/mol. The Morgan fingerprint density at radius 2 is 2.32 bits per heavy atom. The highest BCUT2D eigenvalue weighted by Gasteiger charge is 2.07. The van der Waals surface area contributed by atoms with Gasteiger partial charge in [0.1, 0.15) is 0 Å². The van der Waals surface area contributed by atoms with Crippen molar-refractivity contribution in [3.05, 3.63) is 23.3 Å². The van der Waals surface area contributed by atoms with Crippen molar-refractivity contribution in [2.45, 2.75) is 26.7 Å². The number of nitrogens with zero attached hydrogens (tertiary/aromatic N) is 5. The molecule has 19 heavy (non-hydrogen) atoms. The topological polar surface area (TPSA) is 109 Å². The molecular weight excluding hydrogens is 246 g/mol. The molecule has 8 nitrogen and oxygen atoms in total. The minimum absolute atomic E-state index is 0.0267. The first kappa shape index (κ1) is 13.1. The van der Waals surface area contributed by atoms with E-state index in [9.17, 15) is 4.79 Å². The molecule has 0 aliphatic rings. The van der Waals surface area contributed by atoms with Crippen LogP contribution in [0.5, 0.6) is 0 Å². The summed E-state index contributed by atoms with van der Waals surface area (Å²) in [7, 11) is 0. The van der Waals surface area contributed by atoms with Gasteiger partial charge in [-0.25, -0.2) is 9.97 Å². The van der Waals surface area contributed by atoms with Crippen LogP contribution in [0.25, 0.3) is 0 Å². The van der Waals surface area contributed by atoms with Crippen LogP contribution in [0.4, 0.5) is 5.95 Å². The molecule has 2 N–H and O–H groups in total. The number of aryl methyl sites for hydroxylation is 2. The second-order valence-corrected chi connectivity index (χ2v) is 4.11. The Morgan fingerprint density at radius 3 is 2.95 bits per heavy atom. The van der Waals surface area contributed by atoms with Crippen LogP contribution in [0.3, 0.4) is 0 Å². The summed E-state index contributed by atoms with van der Waals surface area (Å²) in [6.07, 6.45) is 3.12. The molecule has 0 spiro atoms. The van der Waals surface area contributed by atoms with Crippen molar-refractivity contribution in [3.63, 3.8) is 0 Å². The summed E-state index contributed by atoms with van der Waals surface area (Å²) in [6.45, 7) is 4.00. The van der Waals surface area contributed by atoms with Gasteiger partial charge < -0.3 is 5.32 Å². The number of rotatable bonds is 6. The van der Waals surface area contributed by atoms with E-state index in [1.165, 1.54) is 6.92 Å². The highest BCUT2D eigenvalue weighted by Crippen LogP contribution is 2.07. The number of nitrogens with one attached hydrogen (secondary N) is 2. The lowest BCUT2D eigenvalue weighted by Crippen LogP contribution is -2.09. The standard InChI is InChI=1S/C11H15N7O/c1-7-9(8(2)19)6-13-11(14-7)12-5-3-4-10-15-17-18-16-10/h6H,3-5H2,1-2H3,(H,12,13,14)(H,15,16,17,18). The summed E-state index contributed by atoms with van der Waals surface area (Å²) in [6, 6.07) is 0. The molecule has 0 bridgehead atoms. The molecule has 0 saturated carbocycles. The zero-order chi connectivity index (χ0) is 13.7. The number of hydrogen-bond donors (Lipinski definition) is 2. The van der Waals surface area contributed by atoms with E-state index in [4.69, 9.17) is 0 Å². The van der Waals surface area contributed by atoms with E-state index in [0.29, 0.717) is 29.6 Å². The summed E-state index contributed by atoms with van der Waals surface area (Å²) >= 11 is 0. The minimum Gasteiger partial charge on any atom is -0.354 e. The van der Waals surface area contributed by atoms with E-state index < -0.39 is 0 Å². The fraction of sp³-hybridized carbons (Fsp3) is 0.455. The van der Waals surface area contributed by atoms with Gasteiger partial charge in [0.05, 0.1) is 11.3 Å². The molecule has 0 amide bonds. The molecule has 2 aromatic rings. The van der Waals surface area contributed by atoms with Crippen molar-refractivity contribution in [2.24, 2.45) is 0 Å². The molecule has 0 unspecified atom stereocenters. The molecule has 0 radical (unpaired) electrons. The third-order valence-corrected chi connectivity index (χ3v) is 2.61. The Bertz CT molecular complexity index is 552. The van der Waals surface area contributed by atoms with Crippen LogP contribution < -0.4 is 5.32 Å². The van der Waals surface area contributed by atoms with Crippen molar-refractivity contribution in [3.8, 4) is 0 Å². The number of aromatic nitrogens is 6. The first-order chi connectivity index (χ1) is 9.16. The Hall–Kier alpha value is -2.38. The van der Waals surface area contributed by atoms with Crippen LogP contribution in [0.1, 0.15) is 35.2 Å². The lowest BCUT2D eigenvalue weighted by Gasteiger charge is -2.06. The van der Waals surface area contributed by atoms with Crippen molar-refractivity contribution < 1.29 is 4.79 Å². The van der Waals surface area contributed by atoms with Crippen LogP contribution in [0.2, 0.25) is 0 Å². The summed E-state index contributed by atoms with van der Waals surface area (Å²) in [4.78, 5) is 19.6. The van der Waals surface area contributed by atoms with Crippen molar-refractivity contribution in [2.75, 3.05) is 11.9 Å². The smallest absolute Gasteiger partial charge is 0.222 e. The second kappa shape index (κ2) is 5.98. The first-order valence-electron chi connectivity index (χ1n) is 5.97. The van der Waals surface area contributed by atoms with E-state index >= 15 is 0 Å². The molecule has 2 heterocycles. The normalized spacial score (nSPS) is 10.4. The van der Waals surface area contributed by atoms with E-state index in [1.807, 2.05) is 0 Å². The maximum absolute atomic E-state index is 11.2. The van der Waals surface area contributed by atoms with Crippen LogP contribution in [-0.4, -0.2) is 42.9 Å². The predicted octanol–water partition coefficient (Wildman–Crippen LogP) is 0.545. The quantitative estimate of drug-likeness (QED) is 0.577. The average Bonchev–Trinajstić information content (AvgIpc) is 2.87. The van der Waals surface area contributed by atoms with Crippen LogP contribution in [-0.2, 0) is 6.42 Å². The van der Waals surface area contributed by atoms with Gasteiger partial charge in [0, 0.05) is 19.2 Å². The third-order valence-electron chi connectivity index (χ3n) is 2.61. The van der Waals surface area contributed by atoms with E-state index in [1.54, 1.807) is 13.1 Å². The number of H-pyrrole nitrogens is 1. The molecule has 100 valence electrons. The Morgan fingerprint density at radius 1 is 1.47 bits per heavy atom. The maximum Gasteiger partial charge on any atom is 0.222 e. The van der Waals surface area contributed by atoms with Gasteiger partial charge >= 0.3 is 0 Å². The van der Waals surface area contributed by atoms with Gasteiger partial charge in [-0.1, -0.05) is 5.21 Å². The zero-order valence-corrected chi connectivity index (χ0v) is 10.8. The van der Waals surface area contributed by atoms with Crippen molar-refractivity contribution in [1.82, 2.24) is 30.6 Å². The van der Waals surface area contributed by atoms with Crippen LogP contribution in [0.15, 0.2) is 6.20 Å². The van der Waals surface area contributed by atoms with Crippen LogP contribution in [0, 0.1) is 6.92 Å². The molecular formula is C11H15N7O. The number of hydrogen-bond acceptors (Lipinski definition) is 7. The number of anilines is 1.